The molecule has 1 heterocycles. The topological polar surface area (TPSA) is 25.2 Å². The Bertz CT molecular complexity index is 964. The van der Waals surface area contributed by atoms with Crippen molar-refractivity contribution < 1.29 is 13.6 Å². The molecule has 0 bridgehead atoms. The summed E-state index contributed by atoms with van der Waals surface area (Å²) in [6.07, 6.45) is 0. The van der Waals surface area contributed by atoms with Gasteiger partial charge in [-0.15, -0.1) is 0 Å². The van der Waals surface area contributed by atoms with Gasteiger partial charge in [-0.05, 0) is 31.5 Å². The molecule has 0 aliphatic heterocycles. The van der Waals surface area contributed by atoms with E-state index in [1.807, 2.05) is 50.2 Å². The Labute approximate surface area is 157 Å². The summed E-state index contributed by atoms with van der Waals surface area (Å²) in [7, 11) is 1.62. The average molecular weight is 368 g/mol. The molecular formula is C22H22F2N2O. The van der Waals surface area contributed by atoms with Crippen molar-refractivity contribution in [1.82, 2.24) is 9.47 Å². The van der Waals surface area contributed by atoms with Crippen LogP contribution >= 0.6 is 0 Å². The van der Waals surface area contributed by atoms with Crippen molar-refractivity contribution in [3.05, 3.63) is 94.3 Å². The second-order valence-electron chi connectivity index (χ2n) is 6.75. The van der Waals surface area contributed by atoms with Gasteiger partial charge in [0.1, 0.15) is 11.6 Å². The number of aryl methyl sites for hydroxylation is 1. The first kappa shape index (κ1) is 18.8. The summed E-state index contributed by atoms with van der Waals surface area (Å²) in [6, 6.07) is 15.3. The number of benzene rings is 2. The van der Waals surface area contributed by atoms with E-state index in [9.17, 15) is 13.6 Å². The van der Waals surface area contributed by atoms with Gasteiger partial charge in [-0.2, -0.15) is 0 Å². The molecular weight excluding hydrogens is 346 g/mol. The lowest BCUT2D eigenvalue weighted by Gasteiger charge is -2.18. The highest BCUT2D eigenvalue weighted by atomic mass is 19.1. The third kappa shape index (κ3) is 4.08. The zero-order valence-corrected chi connectivity index (χ0v) is 15.7. The summed E-state index contributed by atoms with van der Waals surface area (Å²) < 4.78 is 29.0. The van der Waals surface area contributed by atoms with Gasteiger partial charge in [0.25, 0.3) is 5.91 Å². The maximum atomic E-state index is 13.9. The summed E-state index contributed by atoms with van der Waals surface area (Å²) in [5.41, 5.74) is 3.88. The molecule has 0 saturated heterocycles. The van der Waals surface area contributed by atoms with Crippen molar-refractivity contribution >= 4 is 5.91 Å². The molecule has 0 N–H and O–H groups in total. The Morgan fingerprint density at radius 2 is 1.74 bits per heavy atom. The van der Waals surface area contributed by atoms with Crippen LogP contribution in [0.3, 0.4) is 0 Å². The molecule has 2 aromatic carbocycles. The van der Waals surface area contributed by atoms with Crippen molar-refractivity contribution in [3.63, 3.8) is 0 Å². The minimum absolute atomic E-state index is 0.0767. The van der Waals surface area contributed by atoms with Crippen molar-refractivity contribution in [2.75, 3.05) is 7.05 Å². The largest absolute Gasteiger partial charge is 0.344 e. The lowest BCUT2D eigenvalue weighted by molar-refractivity contribution is 0.0783. The quantitative estimate of drug-likeness (QED) is 0.641. The highest BCUT2D eigenvalue weighted by molar-refractivity contribution is 5.95. The van der Waals surface area contributed by atoms with Gasteiger partial charge >= 0.3 is 0 Å². The summed E-state index contributed by atoms with van der Waals surface area (Å²) >= 11 is 0. The fourth-order valence-electron chi connectivity index (χ4n) is 3.21. The maximum absolute atomic E-state index is 13.9. The van der Waals surface area contributed by atoms with Gasteiger partial charge < -0.3 is 9.47 Å². The first-order valence-electron chi connectivity index (χ1n) is 8.77. The normalized spacial score (nSPS) is 10.9. The number of halogens is 2. The molecule has 0 atom stereocenters. The van der Waals surface area contributed by atoms with E-state index in [-0.39, 0.29) is 18.0 Å². The highest BCUT2D eigenvalue weighted by Crippen LogP contribution is 2.20. The lowest BCUT2D eigenvalue weighted by Crippen LogP contribution is -2.27. The molecule has 0 fully saturated rings. The molecule has 1 amide bonds. The molecule has 0 aliphatic rings. The predicted molar refractivity (Wildman–Crippen MR) is 102 cm³/mol. The Hall–Kier alpha value is -2.95. The van der Waals surface area contributed by atoms with Gasteiger partial charge in [0.05, 0.1) is 5.56 Å². The van der Waals surface area contributed by atoms with Gasteiger partial charge in [0.15, 0.2) is 0 Å². The van der Waals surface area contributed by atoms with Crippen molar-refractivity contribution in [2.45, 2.75) is 26.9 Å². The fraction of sp³-hybridized carbons (Fsp3) is 0.227. The second kappa shape index (κ2) is 7.74. The number of carbonyl (C=O) groups excluding carboxylic acids is 1. The minimum atomic E-state index is -0.649. The number of aromatic nitrogens is 1. The number of amides is 1. The Kier molecular flexibility index (Phi) is 5.40. The van der Waals surface area contributed by atoms with Gasteiger partial charge in [-0.3, -0.25) is 4.79 Å². The molecule has 0 saturated carbocycles. The number of hydrogen-bond donors (Lipinski definition) is 0. The zero-order chi connectivity index (χ0) is 19.6. The molecule has 0 unspecified atom stereocenters. The number of carbonyl (C=O) groups is 1. The molecule has 1 aromatic heterocycles. The average Bonchev–Trinajstić information content (AvgIpc) is 2.92. The Morgan fingerprint density at radius 1 is 1.04 bits per heavy atom. The molecule has 3 aromatic rings. The van der Waals surface area contributed by atoms with E-state index in [2.05, 4.69) is 4.57 Å². The smallest absolute Gasteiger partial charge is 0.255 e. The van der Waals surface area contributed by atoms with Crippen LogP contribution in [0.15, 0.2) is 54.6 Å². The lowest BCUT2D eigenvalue weighted by atomic mass is 10.1. The van der Waals surface area contributed by atoms with Gasteiger partial charge in [-0.1, -0.05) is 36.4 Å². The van der Waals surface area contributed by atoms with Crippen molar-refractivity contribution in [2.24, 2.45) is 0 Å². The molecule has 140 valence electrons. The molecule has 3 nitrogen and oxygen atoms in total. The van der Waals surface area contributed by atoms with Crippen LogP contribution in [0.1, 0.15) is 32.9 Å². The number of nitrogens with zero attached hydrogens (tertiary/aromatic N) is 2. The third-order valence-electron chi connectivity index (χ3n) is 4.76. The first-order valence-corrected chi connectivity index (χ1v) is 8.77. The minimum Gasteiger partial charge on any atom is -0.344 e. The van der Waals surface area contributed by atoms with Gasteiger partial charge in [0.2, 0.25) is 0 Å². The van der Waals surface area contributed by atoms with Crippen LogP contribution in [0, 0.1) is 25.5 Å². The molecule has 5 heteroatoms. The third-order valence-corrected chi connectivity index (χ3v) is 4.76. The Balaban J connectivity index is 1.81. The molecule has 3 rings (SSSR count). The summed E-state index contributed by atoms with van der Waals surface area (Å²) in [4.78, 5) is 14.3. The SMILES string of the molecule is Cc1cc(C(=O)N(C)Cc2ccc(F)cc2F)c(C)n1Cc1ccccc1. The van der Waals surface area contributed by atoms with E-state index < -0.39 is 11.6 Å². The second-order valence-corrected chi connectivity index (χ2v) is 6.75. The van der Waals surface area contributed by atoms with E-state index in [0.29, 0.717) is 12.1 Å². The zero-order valence-electron chi connectivity index (χ0n) is 15.7. The fourth-order valence-corrected chi connectivity index (χ4v) is 3.21. The van der Waals surface area contributed by atoms with E-state index in [1.165, 1.54) is 17.0 Å². The molecule has 0 radical (unpaired) electrons. The van der Waals surface area contributed by atoms with Crippen LogP contribution in [0.5, 0.6) is 0 Å². The van der Waals surface area contributed by atoms with E-state index in [0.717, 1.165) is 23.0 Å². The number of hydrogen-bond acceptors (Lipinski definition) is 1. The van der Waals surface area contributed by atoms with Crippen LogP contribution in [0.2, 0.25) is 0 Å². The van der Waals surface area contributed by atoms with E-state index in [1.54, 1.807) is 7.05 Å². The summed E-state index contributed by atoms with van der Waals surface area (Å²) in [6.45, 7) is 4.64. The van der Waals surface area contributed by atoms with Crippen LogP contribution < -0.4 is 0 Å². The van der Waals surface area contributed by atoms with Crippen molar-refractivity contribution in [3.8, 4) is 0 Å². The standard InChI is InChI=1S/C22H22F2N2O/c1-15-11-20(16(2)26(15)13-17-7-5-4-6-8-17)22(27)25(3)14-18-9-10-19(23)12-21(18)24/h4-12H,13-14H2,1-3H3. The van der Waals surface area contributed by atoms with Crippen LogP contribution in [0.25, 0.3) is 0 Å². The van der Waals surface area contributed by atoms with Crippen LogP contribution in [-0.2, 0) is 13.1 Å². The summed E-state index contributed by atoms with van der Waals surface area (Å²) in [5.74, 6) is -1.47. The van der Waals surface area contributed by atoms with Crippen molar-refractivity contribution in [1.29, 1.82) is 0 Å². The Morgan fingerprint density at radius 3 is 2.41 bits per heavy atom. The van der Waals surface area contributed by atoms with E-state index >= 15 is 0 Å². The first-order chi connectivity index (χ1) is 12.9. The van der Waals surface area contributed by atoms with Crippen LogP contribution in [-0.4, -0.2) is 22.4 Å². The number of rotatable bonds is 5. The highest BCUT2D eigenvalue weighted by Gasteiger charge is 2.20. The monoisotopic (exact) mass is 368 g/mol. The molecule has 0 aliphatic carbocycles. The molecule has 27 heavy (non-hydrogen) atoms. The maximum Gasteiger partial charge on any atom is 0.255 e. The van der Waals surface area contributed by atoms with Gasteiger partial charge in [-0.25, -0.2) is 8.78 Å². The predicted octanol–water partition coefficient (Wildman–Crippen LogP) is 4.70. The summed E-state index contributed by atoms with van der Waals surface area (Å²) in [5, 5.41) is 0. The van der Waals surface area contributed by atoms with Gasteiger partial charge in [0, 0.05) is 43.2 Å². The van der Waals surface area contributed by atoms with E-state index in [4.69, 9.17) is 0 Å². The molecule has 0 spiro atoms. The van der Waals surface area contributed by atoms with Crippen LogP contribution in [0.4, 0.5) is 8.78 Å².